The highest BCUT2D eigenvalue weighted by molar-refractivity contribution is 5.35. The lowest BCUT2D eigenvalue weighted by Gasteiger charge is -2.24. The van der Waals surface area contributed by atoms with Gasteiger partial charge >= 0.3 is 0 Å². The van der Waals surface area contributed by atoms with Gasteiger partial charge in [-0.2, -0.15) is 0 Å². The summed E-state index contributed by atoms with van der Waals surface area (Å²) in [5, 5.41) is 0. The van der Waals surface area contributed by atoms with Crippen LogP contribution in [0.1, 0.15) is 48.6 Å². The average molecular weight is 376 g/mol. The molecule has 1 aromatic heterocycles. The number of nitrogens with two attached hydrogens (primary N) is 1. The van der Waals surface area contributed by atoms with Crippen LogP contribution in [-0.2, 0) is 19.3 Å². The van der Waals surface area contributed by atoms with Gasteiger partial charge in [0.05, 0.1) is 0 Å². The van der Waals surface area contributed by atoms with Gasteiger partial charge in [0.25, 0.3) is 0 Å². The van der Waals surface area contributed by atoms with Crippen LogP contribution in [0.25, 0.3) is 0 Å². The lowest BCUT2D eigenvalue weighted by atomic mass is 9.97. The molecule has 0 amide bonds. The topological polar surface area (TPSA) is 42.1 Å². The molecule has 0 spiro atoms. The molecule has 1 heterocycles. The smallest absolute Gasteiger partial charge is 0.162 e. The summed E-state index contributed by atoms with van der Waals surface area (Å²) < 4.78 is 28.4. The summed E-state index contributed by atoms with van der Waals surface area (Å²) in [5.41, 5.74) is 8.85. The van der Waals surface area contributed by atoms with Crippen LogP contribution < -0.4 is 5.73 Å². The Kier molecular flexibility index (Phi) is 7.72. The fourth-order valence-electron chi connectivity index (χ4n) is 3.52. The maximum Gasteiger partial charge on any atom is 0.162 e. The Morgan fingerprint density at radius 2 is 1.78 bits per heavy atom. The van der Waals surface area contributed by atoms with Gasteiger partial charge in [0.1, 0.15) is 5.82 Å². The van der Waals surface area contributed by atoms with Crippen LogP contribution in [0.3, 0.4) is 0 Å². The van der Waals surface area contributed by atoms with Crippen molar-refractivity contribution in [3.63, 3.8) is 0 Å². The first-order chi connectivity index (χ1) is 12.8. The second-order valence-electron chi connectivity index (χ2n) is 7.56. The van der Waals surface area contributed by atoms with Gasteiger partial charge in [0.15, 0.2) is 11.6 Å². The molecule has 0 fully saturated rings. The summed E-state index contributed by atoms with van der Waals surface area (Å²) >= 11 is 0. The molecule has 27 heavy (non-hydrogen) atoms. The Labute approximate surface area is 161 Å². The minimum atomic E-state index is -0.767. The Hall–Kier alpha value is -2.01. The summed E-state index contributed by atoms with van der Waals surface area (Å²) in [5.74, 6) is -1.07. The molecular formula is C22H31F2N3. The average Bonchev–Trinajstić information content (AvgIpc) is 2.59. The number of benzene rings is 1. The summed E-state index contributed by atoms with van der Waals surface area (Å²) in [7, 11) is 4.13. The molecule has 3 nitrogen and oxygen atoms in total. The lowest BCUT2D eigenvalue weighted by Crippen LogP contribution is -2.28. The molecule has 0 unspecified atom stereocenters. The van der Waals surface area contributed by atoms with E-state index >= 15 is 0 Å². The summed E-state index contributed by atoms with van der Waals surface area (Å²) in [6.07, 6.45) is 4.81. The molecule has 5 heteroatoms. The number of aryl methyl sites for hydroxylation is 4. The Morgan fingerprint density at radius 3 is 2.41 bits per heavy atom. The number of rotatable bonds is 9. The maximum atomic E-state index is 14.3. The van der Waals surface area contributed by atoms with Crippen molar-refractivity contribution < 1.29 is 8.78 Å². The van der Waals surface area contributed by atoms with Crippen molar-refractivity contribution in [3.05, 3.63) is 58.3 Å². The second kappa shape index (κ2) is 9.79. The van der Waals surface area contributed by atoms with E-state index in [1.54, 1.807) is 12.1 Å². The van der Waals surface area contributed by atoms with Crippen LogP contribution in [0.2, 0.25) is 0 Å². The molecular weight excluding hydrogens is 344 g/mol. The van der Waals surface area contributed by atoms with Crippen molar-refractivity contribution in [3.8, 4) is 0 Å². The molecule has 2 rings (SSSR count). The minimum absolute atomic E-state index is 0.401. The van der Waals surface area contributed by atoms with Crippen LogP contribution in [0.4, 0.5) is 14.6 Å². The quantitative estimate of drug-likeness (QED) is 0.691. The van der Waals surface area contributed by atoms with Crippen molar-refractivity contribution >= 4 is 5.82 Å². The molecule has 0 saturated heterocycles. The van der Waals surface area contributed by atoms with E-state index in [4.69, 9.17) is 5.73 Å². The van der Waals surface area contributed by atoms with Gasteiger partial charge < -0.3 is 10.6 Å². The van der Waals surface area contributed by atoms with E-state index in [1.807, 2.05) is 13.0 Å². The minimum Gasteiger partial charge on any atom is -0.384 e. The Bertz CT molecular complexity index is 739. The van der Waals surface area contributed by atoms with Gasteiger partial charge in [-0.1, -0.05) is 19.4 Å². The number of hydrogen-bond donors (Lipinski definition) is 1. The lowest BCUT2D eigenvalue weighted by molar-refractivity contribution is 0.262. The van der Waals surface area contributed by atoms with Crippen molar-refractivity contribution in [2.45, 2.75) is 58.4 Å². The molecule has 0 aliphatic rings. The van der Waals surface area contributed by atoms with Crippen LogP contribution in [0, 0.1) is 18.6 Å². The highest BCUT2D eigenvalue weighted by atomic mass is 19.2. The van der Waals surface area contributed by atoms with Gasteiger partial charge in [0, 0.05) is 11.7 Å². The van der Waals surface area contributed by atoms with E-state index in [0.717, 1.165) is 42.5 Å². The summed E-state index contributed by atoms with van der Waals surface area (Å²) in [4.78, 5) is 6.49. The number of nitrogen functional groups attached to an aromatic ring is 1. The first-order valence-corrected chi connectivity index (χ1v) is 9.66. The maximum absolute atomic E-state index is 14.3. The highest BCUT2D eigenvalue weighted by Gasteiger charge is 2.14. The zero-order valence-electron chi connectivity index (χ0n) is 16.9. The zero-order chi connectivity index (χ0) is 20.0. The second-order valence-corrected chi connectivity index (χ2v) is 7.56. The van der Waals surface area contributed by atoms with Crippen LogP contribution in [0.5, 0.6) is 0 Å². The Balaban J connectivity index is 2.10. The van der Waals surface area contributed by atoms with E-state index in [-0.39, 0.29) is 0 Å². The number of hydrogen-bond acceptors (Lipinski definition) is 3. The van der Waals surface area contributed by atoms with E-state index in [1.165, 1.54) is 6.07 Å². The van der Waals surface area contributed by atoms with E-state index in [9.17, 15) is 8.78 Å². The van der Waals surface area contributed by atoms with Crippen molar-refractivity contribution in [2.24, 2.45) is 0 Å². The van der Waals surface area contributed by atoms with E-state index < -0.39 is 11.6 Å². The predicted molar refractivity (Wildman–Crippen MR) is 108 cm³/mol. The summed E-state index contributed by atoms with van der Waals surface area (Å²) in [6.45, 7) is 4.11. The third-order valence-corrected chi connectivity index (χ3v) is 4.97. The SMILES string of the molecule is CCC[C@H](CCc1cc(F)c(F)c(CCc2cc(C)cc(N)n2)c1)N(C)C. The first-order valence-electron chi connectivity index (χ1n) is 9.66. The number of halogens is 2. The number of anilines is 1. The van der Waals surface area contributed by atoms with Gasteiger partial charge in [0.2, 0.25) is 0 Å². The molecule has 0 radical (unpaired) electrons. The van der Waals surface area contributed by atoms with Crippen molar-refractivity contribution in [1.29, 1.82) is 0 Å². The highest BCUT2D eigenvalue weighted by Crippen LogP contribution is 2.20. The standard InChI is InChI=1S/C22H31F2N3/c1-5-6-19(27(3)4)10-7-16-13-17(22(24)20(23)14-16)8-9-18-11-15(2)12-21(25)26-18/h11-14,19H,5-10H2,1-4H3,(H2,25,26)/t19-/m1/s1. The van der Waals surface area contributed by atoms with Gasteiger partial charge in [-0.15, -0.1) is 0 Å². The number of pyridine rings is 1. The molecule has 0 aliphatic heterocycles. The van der Waals surface area contributed by atoms with Crippen LogP contribution >= 0.6 is 0 Å². The van der Waals surface area contributed by atoms with Crippen molar-refractivity contribution in [2.75, 3.05) is 19.8 Å². The molecule has 0 saturated carbocycles. The van der Waals surface area contributed by atoms with Crippen molar-refractivity contribution in [1.82, 2.24) is 9.88 Å². The third kappa shape index (κ3) is 6.28. The molecule has 2 N–H and O–H groups in total. The van der Waals surface area contributed by atoms with E-state index in [2.05, 4.69) is 30.9 Å². The third-order valence-electron chi connectivity index (χ3n) is 4.97. The molecule has 0 aliphatic carbocycles. The normalized spacial score (nSPS) is 12.6. The first kappa shape index (κ1) is 21.3. The number of nitrogens with zero attached hydrogens (tertiary/aromatic N) is 2. The van der Waals surface area contributed by atoms with Gasteiger partial charge in [-0.25, -0.2) is 13.8 Å². The molecule has 1 aromatic carbocycles. The monoisotopic (exact) mass is 375 g/mol. The predicted octanol–water partition coefficient (Wildman–Crippen LogP) is 4.70. The molecule has 0 bridgehead atoms. The van der Waals surface area contributed by atoms with Crippen LogP contribution in [-0.4, -0.2) is 30.0 Å². The number of aromatic nitrogens is 1. The van der Waals surface area contributed by atoms with Gasteiger partial charge in [-0.05, 0) is 88.0 Å². The fraction of sp³-hybridized carbons (Fsp3) is 0.500. The van der Waals surface area contributed by atoms with Crippen LogP contribution in [0.15, 0.2) is 24.3 Å². The fourth-order valence-corrected chi connectivity index (χ4v) is 3.52. The molecule has 1 atom stereocenters. The van der Waals surface area contributed by atoms with E-state index in [0.29, 0.717) is 30.3 Å². The zero-order valence-corrected chi connectivity index (χ0v) is 16.9. The largest absolute Gasteiger partial charge is 0.384 e. The molecule has 148 valence electrons. The Morgan fingerprint density at radius 1 is 1.04 bits per heavy atom. The van der Waals surface area contributed by atoms with Gasteiger partial charge in [-0.3, -0.25) is 0 Å². The molecule has 2 aromatic rings. The summed E-state index contributed by atoms with van der Waals surface area (Å²) in [6, 6.07) is 7.31.